The summed E-state index contributed by atoms with van der Waals surface area (Å²) in [5, 5.41) is 16.6. The van der Waals surface area contributed by atoms with Crippen molar-refractivity contribution in [1.29, 1.82) is 0 Å². The van der Waals surface area contributed by atoms with E-state index in [1.54, 1.807) is 10.9 Å². The van der Waals surface area contributed by atoms with Crippen molar-refractivity contribution in [2.45, 2.75) is 19.4 Å². The first-order chi connectivity index (χ1) is 14.0. The van der Waals surface area contributed by atoms with E-state index in [9.17, 15) is 5.11 Å². The summed E-state index contributed by atoms with van der Waals surface area (Å²) in [6.07, 6.45) is 2.38. The second-order valence-electron chi connectivity index (χ2n) is 6.39. The molecule has 0 saturated carbocycles. The molecule has 0 bridgehead atoms. The van der Waals surface area contributed by atoms with Gasteiger partial charge in [0, 0.05) is 13.3 Å². The molecule has 8 heteroatoms. The fourth-order valence-electron chi connectivity index (χ4n) is 2.92. The molecule has 0 aliphatic rings. The van der Waals surface area contributed by atoms with Crippen LogP contribution in [0.15, 0.2) is 58.2 Å². The summed E-state index contributed by atoms with van der Waals surface area (Å²) in [6, 6.07) is 13.2. The highest BCUT2D eigenvalue weighted by Crippen LogP contribution is 2.38. The van der Waals surface area contributed by atoms with E-state index in [4.69, 9.17) is 18.7 Å². The molecule has 2 aromatic carbocycles. The summed E-state index contributed by atoms with van der Waals surface area (Å²) in [6.45, 7) is 2.01. The van der Waals surface area contributed by atoms with Gasteiger partial charge >= 0.3 is 5.88 Å². The van der Waals surface area contributed by atoms with Gasteiger partial charge < -0.3 is 19.3 Å². The fourth-order valence-corrected chi connectivity index (χ4v) is 2.92. The Morgan fingerprint density at radius 3 is 2.34 bits per heavy atom. The Labute approximate surface area is 168 Å². The van der Waals surface area contributed by atoms with Crippen LogP contribution in [-0.2, 0) is 6.42 Å². The molecular formula is C21H23N3O5. The molecule has 3 aromatic rings. The summed E-state index contributed by atoms with van der Waals surface area (Å²) >= 11 is 0. The summed E-state index contributed by atoms with van der Waals surface area (Å²) in [4.78, 5) is 4.00. The predicted molar refractivity (Wildman–Crippen MR) is 104 cm³/mol. The van der Waals surface area contributed by atoms with Crippen molar-refractivity contribution in [1.82, 2.24) is 5.27 Å². The molecule has 1 unspecified atom stereocenters. The molecule has 0 aliphatic heterocycles. The highest BCUT2D eigenvalue weighted by molar-refractivity contribution is 5.93. The van der Waals surface area contributed by atoms with Crippen LogP contribution in [0.1, 0.15) is 24.1 Å². The van der Waals surface area contributed by atoms with Gasteiger partial charge in [0.05, 0.1) is 21.3 Å². The molecule has 152 valence electrons. The molecule has 29 heavy (non-hydrogen) atoms. The average molecular weight is 397 g/mol. The summed E-state index contributed by atoms with van der Waals surface area (Å²) < 4.78 is 22.7. The van der Waals surface area contributed by atoms with Gasteiger partial charge in [-0.25, -0.2) is 4.99 Å². The second kappa shape index (κ2) is 9.09. The third-order valence-corrected chi connectivity index (χ3v) is 4.42. The summed E-state index contributed by atoms with van der Waals surface area (Å²) in [7, 11) is 4.46. The molecule has 0 amide bonds. The van der Waals surface area contributed by atoms with Gasteiger partial charge in [0.15, 0.2) is 17.5 Å². The number of aliphatic imine (C=N–C) groups is 1. The Hall–Kier alpha value is -3.55. The first-order valence-electron chi connectivity index (χ1n) is 9.03. The zero-order valence-electron chi connectivity index (χ0n) is 16.8. The topological polar surface area (TPSA) is 93.0 Å². The maximum Gasteiger partial charge on any atom is 0.320 e. The lowest BCUT2D eigenvalue weighted by Crippen LogP contribution is -2.39. The Kier molecular flexibility index (Phi) is 6.33. The number of benzene rings is 2. The normalized spacial score (nSPS) is 12.5. The molecule has 0 N–H and O–H groups in total. The molecular weight excluding hydrogens is 374 g/mol. The van der Waals surface area contributed by atoms with Crippen LogP contribution in [-0.4, -0.2) is 32.5 Å². The first-order valence-corrected chi connectivity index (χ1v) is 9.03. The Morgan fingerprint density at radius 2 is 1.76 bits per heavy atom. The third kappa shape index (κ3) is 4.66. The van der Waals surface area contributed by atoms with Crippen LogP contribution >= 0.6 is 0 Å². The van der Waals surface area contributed by atoms with Crippen LogP contribution in [0.4, 0.5) is 5.88 Å². The molecule has 1 aromatic heterocycles. The quantitative estimate of drug-likeness (QED) is 0.329. The number of ether oxygens (including phenoxy) is 3. The van der Waals surface area contributed by atoms with Gasteiger partial charge in [-0.15, -0.1) is 0 Å². The van der Waals surface area contributed by atoms with Crippen molar-refractivity contribution in [2.75, 3.05) is 21.3 Å². The van der Waals surface area contributed by atoms with Gasteiger partial charge in [0.2, 0.25) is 11.0 Å². The highest BCUT2D eigenvalue weighted by atomic mass is 16.5. The molecule has 0 saturated heterocycles. The van der Waals surface area contributed by atoms with Crippen molar-refractivity contribution >= 4 is 11.8 Å². The Bertz CT molecular complexity index is 960. The number of nitrogens with zero attached hydrogens (tertiary/aromatic N) is 3. The van der Waals surface area contributed by atoms with E-state index in [1.807, 2.05) is 25.1 Å². The van der Waals surface area contributed by atoms with E-state index in [1.165, 1.54) is 39.0 Å². The first kappa shape index (κ1) is 20.2. The third-order valence-electron chi connectivity index (χ3n) is 4.42. The lowest BCUT2D eigenvalue weighted by molar-refractivity contribution is -0.782. The number of methoxy groups -OCH3 is 3. The number of hydrogen-bond acceptors (Lipinski definition) is 7. The van der Waals surface area contributed by atoms with Crippen molar-refractivity contribution in [2.24, 2.45) is 4.99 Å². The minimum absolute atomic E-state index is 0.0429. The number of rotatable bonds is 8. The van der Waals surface area contributed by atoms with Gasteiger partial charge in [-0.1, -0.05) is 30.3 Å². The maximum atomic E-state index is 12.6. The van der Waals surface area contributed by atoms with E-state index < -0.39 is 5.90 Å². The van der Waals surface area contributed by atoms with Crippen molar-refractivity contribution in [3.05, 3.63) is 59.8 Å². The van der Waals surface area contributed by atoms with Crippen molar-refractivity contribution < 1.29 is 28.5 Å². The lowest BCUT2D eigenvalue weighted by Gasteiger charge is -2.16. The van der Waals surface area contributed by atoms with Crippen LogP contribution < -0.4 is 24.0 Å². The number of hydrogen-bond donors (Lipinski definition) is 0. The van der Waals surface area contributed by atoms with Crippen LogP contribution in [0.5, 0.6) is 17.2 Å². The largest absolute Gasteiger partial charge is 0.858 e. The van der Waals surface area contributed by atoms with E-state index in [0.29, 0.717) is 17.2 Å². The molecule has 8 nitrogen and oxygen atoms in total. The van der Waals surface area contributed by atoms with Crippen molar-refractivity contribution in [3.63, 3.8) is 0 Å². The van der Waals surface area contributed by atoms with Crippen molar-refractivity contribution in [3.8, 4) is 17.2 Å². The minimum Gasteiger partial charge on any atom is -0.858 e. The second-order valence-corrected chi connectivity index (χ2v) is 6.39. The molecule has 3 rings (SSSR count). The molecule has 1 atom stereocenters. The van der Waals surface area contributed by atoms with E-state index >= 15 is 0 Å². The van der Waals surface area contributed by atoms with Gasteiger partial charge in [0.1, 0.15) is 0 Å². The maximum absolute atomic E-state index is 12.6. The van der Waals surface area contributed by atoms with Gasteiger partial charge in [-0.05, 0) is 33.8 Å². The van der Waals surface area contributed by atoms with E-state index in [0.717, 1.165) is 6.42 Å². The van der Waals surface area contributed by atoms with Gasteiger partial charge in [-0.3, -0.25) is 4.52 Å². The Morgan fingerprint density at radius 1 is 1.10 bits per heavy atom. The molecule has 1 heterocycles. The molecule has 0 fully saturated rings. The summed E-state index contributed by atoms with van der Waals surface area (Å²) in [5.74, 6) is 0.745. The monoisotopic (exact) mass is 397 g/mol. The zero-order chi connectivity index (χ0) is 20.8. The highest BCUT2D eigenvalue weighted by Gasteiger charge is 2.20. The van der Waals surface area contributed by atoms with E-state index in [-0.39, 0.29) is 17.5 Å². The SMILES string of the molecule is COc1cc(C([O-])=Nc2c[n+](C(C)Cc3ccccc3)no2)cc(OC)c1OC. The zero-order valence-corrected chi connectivity index (χ0v) is 16.8. The molecule has 0 radical (unpaired) electrons. The van der Waals surface area contributed by atoms with Gasteiger partial charge in [-0.2, -0.15) is 0 Å². The molecule has 0 aliphatic carbocycles. The van der Waals surface area contributed by atoms with Crippen LogP contribution in [0.2, 0.25) is 0 Å². The fraction of sp³-hybridized carbons (Fsp3) is 0.286. The van der Waals surface area contributed by atoms with Gasteiger partial charge in [0.25, 0.3) is 6.20 Å². The van der Waals surface area contributed by atoms with Crippen LogP contribution in [0.3, 0.4) is 0 Å². The predicted octanol–water partition coefficient (Wildman–Crippen LogP) is 2.23. The van der Waals surface area contributed by atoms with E-state index in [2.05, 4.69) is 22.4 Å². The van der Waals surface area contributed by atoms with Crippen LogP contribution in [0, 0.1) is 0 Å². The Balaban J connectivity index is 1.82. The van der Waals surface area contributed by atoms with Crippen LogP contribution in [0.25, 0.3) is 0 Å². The average Bonchev–Trinajstić information content (AvgIpc) is 3.21. The lowest BCUT2D eigenvalue weighted by atomic mass is 10.1. The number of aromatic nitrogens is 2. The summed E-state index contributed by atoms with van der Waals surface area (Å²) in [5.41, 5.74) is 1.46. The standard InChI is InChI=1S/C21H23N3O5/c1-14(10-15-8-6-5-7-9-15)24-13-19(29-23-24)22-21(25)16-11-17(26-2)20(28-4)18(12-16)27-3/h5-9,11-14H,10H2,1-4H3. The minimum atomic E-state index is -0.511. The molecule has 0 spiro atoms. The smallest absolute Gasteiger partial charge is 0.320 e.